The molecule has 0 saturated heterocycles. The molecule has 2 aromatic heterocycles. The highest BCUT2D eigenvalue weighted by molar-refractivity contribution is 7.99. The van der Waals surface area contributed by atoms with E-state index in [1.807, 2.05) is 48.7 Å². The minimum absolute atomic E-state index is 0.211. The van der Waals surface area contributed by atoms with E-state index in [1.165, 1.54) is 11.8 Å². The number of anilines is 3. The molecule has 2 aromatic carbocycles. The molecule has 4 aromatic rings. The summed E-state index contributed by atoms with van der Waals surface area (Å²) in [5.41, 5.74) is 10.0. The van der Waals surface area contributed by atoms with Gasteiger partial charge in [0.1, 0.15) is 0 Å². The lowest BCUT2D eigenvalue weighted by Gasteiger charge is -2.15. The summed E-state index contributed by atoms with van der Waals surface area (Å²) >= 11 is 1.53. The first-order chi connectivity index (χ1) is 14.9. The first kappa shape index (κ1) is 20.7. The number of pyridine rings is 2. The zero-order chi connectivity index (χ0) is 22.0. The summed E-state index contributed by atoms with van der Waals surface area (Å²) in [4.78, 5) is 22.5. The summed E-state index contributed by atoms with van der Waals surface area (Å²) in [6, 6.07) is 16.5. The quantitative estimate of drug-likeness (QED) is 0.326. The fourth-order valence-corrected chi connectivity index (χ4v) is 4.02. The standard InChI is InChI=1S/C24H22N4O2S/c1-14(2)20-12-21-18(13-27-20)19(9-10-26-21)28-22-11-15(24(29)30)3-8-23(22)31-17-6-4-16(25)5-7-17/h3-14H,25H2,1-2H3,(H,26,28)(H,29,30). The van der Waals surface area contributed by atoms with E-state index in [1.54, 1.807) is 18.3 Å². The van der Waals surface area contributed by atoms with Crippen molar-refractivity contribution in [2.75, 3.05) is 11.1 Å². The van der Waals surface area contributed by atoms with Crippen molar-refractivity contribution in [3.63, 3.8) is 0 Å². The van der Waals surface area contributed by atoms with Crippen LogP contribution >= 0.6 is 11.8 Å². The van der Waals surface area contributed by atoms with Gasteiger partial charge in [-0.3, -0.25) is 9.97 Å². The van der Waals surface area contributed by atoms with Crippen LogP contribution < -0.4 is 11.1 Å². The van der Waals surface area contributed by atoms with Gasteiger partial charge >= 0.3 is 5.97 Å². The number of hydrogen-bond donors (Lipinski definition) is 3. The Morgan fingerprint density at radius 1 is 1.03 bits per heavy atom. The van der Waals surface area contributed by atoms with Crippen molar-refractivity contribution < 1.29 is 9.90 Å². The number of rotatable bonds is 6. The Hall–Kier alpha value is -3.58. The van der Waals surface area contributed by atoms with E-state index in [4.69, 9.17) is 5.73 Å². The molecule has 4 rings (SSSR count). The fourth-order valence-electron chi connectivity index (χ4n) is 3.14. The maximum absolute atomic E-state index is 11.6. The number of fused-ring (bicyclic) bond motifs is 1. The van der Waals surface area contributed by atoms with Gasteiger partial charge in [0.05, 0.1) is 22.5 Å². The Balaban J connectivity index is 1.75. The monoisotopic (exact) mass is 430 g/mol. The zero-order valence-electron chi connectivity index (χ0n) is 17.2. The van der Waals surface area contributed by atoms with Crippen molar-refractivity contribution in [1.29, 1.82) is 0 Å². The SMILES string of the molecule is CC(C)c1cc2nccc(Nc3cc(C(=O)O)ccc3Sc3ccc(N)cc3)c2cn1. The Labute approximate surface area is 184 Å². The molecule has 4 N–H and O–H groups in total. The van der Waals surface area contributed by atoms with Crippen LogP contribution in [0.5, 0.6) is 0 Å². The summed E-state index contributed by atoms with van der Waals surface area (Å²) in [7, 11) is 0. The lowest BCUT2D eigenvalue weighted by Crippen LogP contribution is -2.01. The van der Waals surface area contributed by atoms with Crippen LogP contribution in [-0.2, 0) is 0 Å². The summed E-state index contributed by atoms with van der Waals surface area (Å²) in [5, 5.41) is 13.7. The molecule has 0 aliphatic rings. The van der Waals surface area contributed by atoms with E-state index >= 15 is 0 Å². The van der Waals surface area contributed by atoms with Gasteiger partial charge in [-0.15, -0.1) is 0 Å². The van der Waals surface area contributed by atoms with Crippen molar-refractivity contribution in [3.05, 3.63) is 78.2 Å². The minimum Gasteiger partial charge on any atom is -0.478 e. The molecular formula is C24H22N4O2S. The third kappa shape index (κ3) is 4.62. The van der Waals surface area contributed by atoms with Crippen LogP contribution in [0.3, 0.4) is 0 Å². The summed E-state index contributed by atoms with van der Waals surface area (Å²) in [6.07, 6.45) is 3.55. The van der Waals surface area contributed by atoms with E-state index in [0.717, 1.165) is 32.1 Å². The number of carbonyl (C=O) groups is 1. The molecule has 0 unspecified atom stereocenters. The van der Waals surface area contributed by atoms with Gasteiger partial charge in [-0.05, 0) is 60.5 Å². The molecule has 156 valence electrons. The van der Waals surface area contributed by atoms with Crippen molar-refractivity contribution in [1.82, 2.24) is 9.97 Å². The van der Waals surface area contributed by atoms with Crippen molar-refractivity contribution in [2.24, 2.45) is 0 Å². The number of nitrogen functional groups attached to an aromatic ring is 1. The molecule has 0 atom stereocenters. The first-order valence-electron chi connectivity index (χ1n) is 9.83. The van der Waals surface area contributed by atoms with E-state index in [-0.39, 0.29) is 5.56 Å². The number of hydrogen-bond acceptors (Lipinski definition) is 6. The van der Waals surface area contributed by atoms with Crippen LogP contribution in [0.15, 0.2) is 76.8 Å². The van der Waals surface area contributed by atoms with E-state index in [9.17, 15) is 9.90 Å². The molecule has 0 spiro atoms. The summed E-state index contributed by atoms with van der Waals surface area (Å²) in [5.74, 6) is -0.673. The molecule has 6 nitrogen and oxygen atoms in total. The predicted molar refractivity (Wildman–Crippen MR) is 125 cm³/mol. The molecule has 7 heteroatoms. The predicted octanol–water partition coefficient (Wildman–Crippen LogP) is 5.93. The lowest BCUT2D eigenvalue weighted by atomic mass is 10.1. The van der Waals surface area contributed by atoms with Gasteiger partial charge in [-0.2, -0.15) is 0 Å². The lowest BCUT2D eigenvalue weighted by molar-refractivity contribution is 0.0697. The van der Waals surface area contributed by atoms with Crippen LogP contribution in [0.2, 0.25) is 0 Å². The summed E-state index contributed by atoms with van der Waals surface area (Å²) in [6.45, 7) is 4.18. The van der Waals surface area contributed by atoms with E-state index in [2.05, 4.69) is 29.1 Å². The van der Waals surface area contributed by atoms with Gasteiger partial charge in [0, 0.05) is 39.0 Å². The molecule has 0 saturated carbocycles. The number of nitrogens with one attached hydrogen (secondary N) is 1. The van der Waals surface area contributed by atoms with E-state index in [0.29, 0.717) is 17.3 Å². The normalized spacial score (nSPS) is 11.1. The molecule has 0 amide bonds. The fraction of sp³-hybridized carbons (Fsp3) is 0.125. The van der Waals surface area contributed by atoms with Crippen molar-refractivity contribution in [3.8, 4) is 0 Å². The zero-order valence-corrected chi connectivity index (χ0v) is 18.0. The average Bonchev–Trinajstić information content (AvgIpc) is 2.76. The third-order valence-electron chi connectivity index (χ3n) is 4.84. The van der Waals surface area contributed by atoms with Gasteiger partial charge in [-0.1, -0.05) is 25.6 Å². The topological polar surface area (TPSA) is 101 Å². The van der Waals surface area contributed by atoms with Crippen molar-refractivity contribution >= 4 is 45.7 Å². The second-order valence-electron chi connectivity index (χ2n) is 7.45. The molecule has 0 radical (unpaired) electrons. The first-order valence-corrected chi connectivity index (χ1v) is 10.6. The Morgan fingerprint density at radius 2 is 1.81 bits per heavy atom. The van der Waals surface area contributed by atoms with E-state index < -0.39 is 5.97 Å². The highest BCUT2D eigenvalue weighted by Crippen LogP contribution is 2.37. The molecule has 0 aliphatic heterocycles. The molecule has 31 heavy (non-hydrogen) atoms. The van der Waals surface area contributed by atoms with Crippen LogP contribution in [0.4, 0.5) is 17.1 Å². The number of aromatic carboxylic acids is 1. The smallest absolute Gasteiger partial charge is 0.335 e. The van der Waals surface area contributed by atoms with Gasteiger partial charge in [-0.25, -0.2) is 4.79 Å². The number of carboxylic acid groups (broad SMARTS) is 1. The number of nitrogens with zero attached hydrogens (tertiary/aromatic N) is 2. The Bertz CT molecular complexity index is 1260. The number of aromatic nitrogens is 2. The molecule has 0 bridgehead atoms. The minimum atomic E-state index is -0.977. The van der Waals surface area contributed by atoms with Crippen LogP contribution in [-0.4, -0.2) is 21.0 Å². The maximum atomic E-state index is 11.6. The third-order valence-corrected chi connectivity index (χ3v) is 5.93. The average molecular weight is 431 g/mol. The highest BCUT2D eigenvalue weighted by atomic mass is 32.2. The second kappa shape index (κ2) is 8.65. The molecular weight excluding hydrogens is 408 g/mol. The molecule has 0 aliphatic carbocycles. The van der Waals surface area contributed by atoms with Gasteiger partial charge in [0.15, 0.2) is 0 Å². The van der Waals surface area contributed by atoms with Crippen molar-refractivity contribution in [2.45, 2.75) is 29.6 Å². The Morgan fingerprint density at radius 3 is 2.52 bits per heavy atom. The number of nitrogens with two attached hydrogens (primary N) is 1. The summed E-state index contributed by atoms with van der Waals surface area (Å²) < 4.78 is 0. The molecule has 2 heterocycles. The second-order valence-corrected chi connectivity index (χ2v) is 8.57. The molecule has 0 fully saturated rings. The van der Waals surface area contributed by atoms with Crippen LogP contribution in [0.25, 0.3) is 10.9 Å². The Kier molecular flexibility index (Phi) is 5.77. The number of carboxylic acids is 1. The highest BCUT2D eigenvalue weighted by Gasteiger charge is 2.13. The largest absolute Gasteiger partial charge is 0.478 e. The van der Waals surface area contributed by atoms with Gasteiger partial charge in [0.2, 0.25) is 0 Å². The van der Waals surface area contributed by atoms with Gasteiger partial charge < -0.3 is 16.2 Å². The number of benzene rings is 2. The van der Waals surface area contributed by atoms with Crippen LogP contribution in [0.1, 0.15) is 35.8 Å². The van der Waals surface area contributed by atoms with Crippen LogP contribution in [0, 0.1) is 0 Å². The maximum Gasteiger partial charge on any atom is 0.335 e. The van der Waals surface area contributed by atoms with Gasteiger partial charge in [0.25, 0.3) is 0 Å².